The first-order valence-corrected chi connectivity index (χ1v) is 7.70. The lowest BCUT2D eigenvalue weighted by Crippen LogP contribution is -2.07. The molecule has 0 aliphatic carbocycles. The molecule has 1 atom stereocenters. The van der Waals surface area contributed by atoms with Gasteiger partial charge in [-0.15, -0.1) is 0 Å². The van der Waals surface area contributed by atoms with Crippen molar-refractivity contribution in [3.05, 3.63) is 47.5 Å². The number of nitrogens with zero attached hydrogens (tertiary/aromatic N) is 1. The molecule has 0 saturated carbocycles. The van der Waals surface area contributed by atoms with Crippen LogP contribution in [0.3, 0.4) is 0 Å². The molecule has 128 valence electrons. The first-order valence-electron chi connectivity index (χ1n) is 7.70. The van der Waals surface area contributed by atoms with E-state index in [1.807, 2.05) is 0 Å². The average molecular weight is 339 g/mol. The lowest BCUT2D eigenvalue weighted by Gasteiger charge is -2.13. The van der Waals surface area contributed by atoms with Crippen molar-refractivity contribution in [1.29, 1.82) is 5.26 Å². The van der Waals surface area contributed by atoms with E-state index in [1.165, 1.54) is 7.11 Å². The maximum Gasteiger partial charge on any atom is 0.231 e. The third-order valence-electron chi connectivity index (χ3n) is 4.05. The molecule has 0 N–H and O–H groups in total. The lowest BCUT2D eigenvalue weighted by atomic mass is 9.92. The molecule has 6 nitrogen and oxygen atoms in total. The van der Waals surface area contributed by atoms with Crippen molar-refractivity contribution in [1.82, 2.24) is 0 Å². The highest BCUT2D eigenvalue weighted by Gasteiger charge is 2.21. The Hall–Kier alpha value is -3.20. The Bertz CT molecular complexity index is 840. The van der Waals surface area contributed by atoms with Gasteiger partial charge in [0.2, 0.25) is 6.79 Å². The number of rotatable bonds is 6. The molecule has 25 heavy (non-hydrogen) atoms. The van der Waals surface area contributed by atoms with E-state index >= 15 is 0 Å². The smallest absolute Gasteiger partial charge is 0.231 e. The van der Waals surface area contributed by atoms with Gasteiger partial charge in [-0.25, -0.2) is 0 Å². The summed E-state index contributed by atoms with van der Waals surface area (Å²) in [6.07, 6.45) is 0.0611. The number of benzene rings is 2. The van der Waals surface area contributed by atoms with E-state index in [2.05, 4.69) is 6.07 Å². The molecule has 0 fully saturated rings. The van der Waals surface area contributed by atoms with Gasteiger partial charge in [0, 0.05) is 12.0 Å². The summed E-state index contributed by atoms with van der Waals surface area (Å²) in [4.78, 5) is 12.6. The van der Waals surface area contributed by atoms with Crippen LogP contribution < -0.4 is 18.9 Å². The summed E-state index contributed by atoms with van der Waals surface area (Å²) in [5, 5.41) is 9.50. The summed E-state index contributed by atoms with van der Waals surface area (Å²) in [5.74, 6) is 1.54. The predicted molar refractivity (Wildman–Crippen MR) is 89.4 cm³/mol. The van der Waals surface area contributed by atoms with E-state index < -0.39 is 5.92 Å². The van der Waals surface area contributed by atoms with E-state index in [-0.39, 0.29) is 19.0 Å². The van der Waals surface area contributed by atoms with Crippen molar-refractivity contribution < 1.29 is 23.7 Å². The number of hydrogen-bond donors (Lipinski definition) is 0. The minimum atomic E-state index is -0.585. The maximum atomic E-state index is 12.6. The predicted octanol–water partition coefficient (Wildman–Crippen LogP) is 3.31. The zero-order chi connectivity index (χ0) is 17.8. The third-order valence-corrected chi connectivity index (χ3v) is 4.05. The van der Waals surface area contributed by atoms with Gasteiger partial charge in [0.25, 0.3) is 0 Å². The molecule has 6 heteroatoms. The van der Waals surface area contributed by atoms with Crippen molar-refractivity contribution in [2.45, 2.75) is 12.3 Å². The van der Waals surface area contributed by atoms with Crippen LogP contribution in [0.15, 0.2) is 36.4 Å². The van der Waals surface area contributed by atoms with Gasteiger partial charge in [0.15, 0.2) is 28.8 Å². The second kappa shape index (κ2) is 7.14. The number of nitriles is 1. The van der Waals surface area contributed by atoms with Crippen LogP contribution in [0, 0.1) is 11.3 Å². The second-order valence-corrected chi connectivity index (χ2v) is 5.49. The van der Waals surface area contributed by atoms with Gasteiger partial charge < -0.3 is 18.9 Å². The van der Waals surface area contributed by atoms with E-state index in [9.17, 15) is 10.1 Å². The van der Waals surface area contributed by atoms with Crippen LogP contribution in [0.5, 0.6) is 23.0 Å². The van der Waals surface area contributed by atoms with Gasteiger partial charge in [-0.3, -0.25) is 4.79 Å². The monoisotopic (exact) mass is 339 g/mol. The molecular formula is C19H17NO5. The molecule has 1 unspecified atom stereocenters. The topological polar surface area (TPSA) is 77.8 Å². The number of fused-ring (bicyclic) bond motifs is 1. The number of Topliss-reactive ketones (excluding diaryl/α,β-unsaturated/α-hetero) is 1. The van der Waals surface area contributed by atoms with Gasteiger partial charge in [0.1, 0.15) is 0 Å². The highest BCUT2D eigenvalue weighted by atomic mass is 16.7. The molecule has 0 aromatic heterocycles. The first kappa shape index (κ1) is 16.7. The largest absolute Gasteiger partial charge is 0.493 e. The number of ether oxygens (including phenoxy) is 4. The number of carbonyl (C=O) groups excluding carboxylic acids is 1. The number of carbonyl (C=O) groups is 1. The Labute approximate surface area is 145 Å². The van der Waals surface area contributed by atoms with Crippen LogP contribution in [-0.2, 0) is 0 Å². The van der Waals surface area contributed by atoms with Crippen LogP contribution in [0.4, 0.5) is 0 Å². The standard InChI is InChI=1S/C19H17NO5/c1-22-16-5-3-12(8-18(16)23-2)14(10-20)7-15(21)13-4-6-17-19(9-13)25-11-24-17/h3-6,8-9,14H,7,11H2,1-2H3. The molecule has 2 aromatic carbocycles. The summed E-state index contributed by atoms with van der Waals surface area (Å²) < 4.78 is 21.0. The molecular weight excluding hydrogens is 322 g/mol. The van der Waals surface area contributed by atoms with Crippen LogP contribution in [0.2, 0.25) is 0 Å². The molecule has 0 saturated heterocycles. The van der Waals surface area contributed by atoms with Crippen LogP contribution in [0.1, 0.15) is 28.3 Å². The fourth-order valence-electron chi connectivity index (χ4n) is 2.68. The number of ketones is 1. The van der Waals surface area contributed by atoms with Crippen LogP contribution >= 0.6 is 0 Å². The fourth-order valence-corrected chi connectivity index (χ4v) is 2.68. The molecule has 3 rings (SSSR count). The van der Waals surface area contributed by atoms with Gasteiger partial charge >= 0.3 is 0 Å². The highest BCUT2D eigenvalue weighted by molar-refractivity contribution is 5.97. The Morgan fingerprint density at radius 1 is 1.12 bits per heavy atom. The van der Waals surface area contributed by atoms with E-state index in [0.29, 0.717) is 34.1 Å². The number of methoxy groups -OCH3 is 2. The van der Waals surface area contributed by atoms with Crippen molar-refractivity contribution in [2.24, 2.45) is 0 Å². The summed E-state index contributed by atoms with van der Waals surface area (Å²) in [7, 11) is 3.07. The van der Waals surface area contributed by atoms with Crippen LogP contribution in [-0.4, -0.2) is 26.8 Å². The normalized spacial score (nSPS) is 13.0. The first-order chi connectivity index (χ1) is 12.2. The Morgan fingerprint density at radius 2 is 1.88 bits per heavy atom. The zero-order valence-corrected chi connectivity index (χ0v) is 13.9. The van der Waals surface area contributed by atoms with Gasteiger partial charge in [0.05, 0.1) is 26.2 Å². The average Bonchev–Trinajstić information content (AvgIpc) is 3.13. The Kier molecular flexibility index (Phi) is 4.75. The highest BCUT2D eigenvalue weighted by Crippen LogP contribution is 2.35. The SMILES string of the molecule is COc1ccc(C(C#N)CC(=O)c2ccc3c(c2)OCO3)cc1OC. The van der Waals surface area contributed by atoms with Gasteiger partial charge in [-0.1, -0.05) is 6.07 Å². The third kappa shape index (κ3) is 3.36. The summed E-state index contributed by atoms with van der Waals surface area (Å²) in [6, 6.07) is 12.4. The van der Waals surface area contributed by atoms with Gasteiger partial charge in [-0.05, 0) is 35.9 Å². The lowest BCUT2D eigenvalue weighted by molar-refractivity contribution is 0.0978. The Balaban J connectivity index is 1.80. The Morgan fingerprint density at radius 3 is 2.60 bits per heavy atom. The molecule has 2 aromatic rings. The van der Waals surface area contributed by atoms with Crippen molar-refractivity contribution in [3.63, 3.8) is 0 Å². The molecule has 0 radical (unpaired) electrons. The van der Waals surface area contributed by atoms with E-state index in [0.717, 1.165) is 0 Å². The van der Waals surface area contributed by atoms with E-state index in [1.54, 1.807) is 43.5 Å². The van der Waals surface area contributed by atoms with Crippen molar-refractivity contribution in [2.75, 3.05) is 21.0 Å². The van der Waals surface area contributed by atoms with Crippen molar-refractivity contribution >= 4 is 5.78 Å². The van der Waals surface area contributed by atoms with Crippen molar-refractivity contribution in [3.8, 4) is 29.1 Å². The zero-order valence-electron chi connectivity index (χ0n) is 13.9. The molecule has 1 aliphatic heterocycles. The summed E-state index contributed by atoms with van der Waals surface area (Å²) >= 11 is 0. The fraction of sp³-hybridized carbons (Fsp3) is 0.263. The maximum absolute atomic E-state index is 12.6. The minimum Gasteiger partial charge on any atom is -0.493 e. The molecule has 0 spiro atoms. The number of hydrogen-bond acceptors (Lipinski definition) is 6. The molecule has 0 amide bonds. The van der Waals surface area contributed by atoms with E-state index in [4.69, 9.17) is 18.9 Å². The molecule has 0 bridgehead atoms. The van der Waals surface area contributed by atoms with Gasteiger partial charge in [-0.2, -0.15) is 5.26 Å². The second-order valence-electron chi connectivity index (χ2n) is 5.49. The summed E-state index contributed by atoms with van der Waals surface area (Å²) in [5.41, 5.74) is 1.19. The minimum absolute atomic E-state index is 0.0611. The summed E-state index contributed by atoms with van der Waals surface area (Å²) in [6.45, 7) is 0.152. The quantitative estimate of drug-likeness (QED) is 0.751. The molecule has 1 aliphatic rings. The van der Waals surface area contributed by atoms with Crippen LogP contribution in [0.25, 0.3) is 0 Å². The molecule has 1 heterocycles.